The summed E-state index contributed by atoms with van der Waals surface area (Å²) in [7, 11) is 0. The van der Waals surface area contributed by atoms with Crippen molar-refractivity contribution in [1.29, 1.82) is 0 Å². The van der Waals surface area contributed by atoms with Gasteiger partial charge in [-0.2, -0.15) is 13.2 Å². The van der Waals surface area contributed by atoms with Crippen molar-refractivity contribution in [2.24, 2.45) is 0 Å². The number of nitrogens with zero attached hydrogens (tertiary/aromatic N) is 1. The van der Waals surface area contributed by atoms with Crippen molar-refractivity contribution in [2.75, 3.05) is 6.54 Å². The molecule has 0 atom stereocenters. The van der Waals surface area contributed by atoms with Gasteiger partial charge in [-0.15, -0.1) is 0 Å². The predicted molar refractivity (Wildman–Crippen MR) is 64.2 cm³/mol. The van der Waals surface area contributed by atoms with E-state index >= 15 is 0 Å². The van der Waals surface area contributed by atoms with E-state index in [9.17, 15) is 22.4 Å². The molecule has 2 nitrogen and oxygen atoms in total. The van der Waals surface area contributed by atoms with Crippen LogP contribution in [0.4, 0.5) is 17.6 Å². The third kappa shape index (κ3) is 3.46. The Balaban J connectivity index is 2.29. The van der Waals surface area contributed by atoms with Gasteiger partial charge in [0.15, 0.2) is 0 Å². The summed E-state index contributed by atoms with van der Waals surface area (Å²) in [5, 5.41) is 0. The third-order valence-electron chi connectivity index (χ3n) is 2.77. The van der Waals surface area contributed by atoms with Crippen molar-refractivity contribution in [3.05, 3.63) is 34.1 Å². The van der Waals surface area contributed by atoms with Crippen molar-refractivity contribution in [2.45, 2.75) is 25.1 Å². The van der Waals surface area contributed by atoms with Gasteiger partial charge in [-0.1, -0.05) is 6.07 Å². The summed E-state index contributed by atoms with van der Waals surface area (Å²) in [4.78, 5) is 12.8. The first-order valence-electron chi connectivity index (χ1n) is 5.61. The Morgan fingerprint density at radius 1 is 1.37 bits per heavy atom. The van der Waals surface area contributed by atoms with Gasteiger partial charge in [-0.05, 0) is 40.9 Å². The van der Waals surface area contributed by atoms with E-state index in [0.717, 1.165) is 6.07 Å². The summed E-state index contributed by atoms with van der Waals surface area (Å²) in [6.45, 7) is -1.35. The molecule has 0 N–H and O–H groups in total. The van der Waals surface area contributed by atoms with E-state index in [4.69, 9.17) is 0 Å². The fraction of sp³-hybridized carbons (Fsp3) is 0.417. The van der Waals surface area contributed by atoms with Gasteiger partial charge in [-0.25, -0.2) is 4.39 Å². The average molecular weight is 340 g/mol. The normalized spacial score (nSPS) is 15.4. The van der Waals surface area contributed by atoms with Crippen LogP contribution in [-0.2, 0) is 0 Å². The van der Waals surface area contributed by atoms with Crippen molar-refractivity contribution in [3.8, 4) is 0 Å². The monoisotopic (exact) mass is 339 g/mol. The minimum atomic E-state index is -4.49. The second kappa shape index (κ2) is 5.11. The van der Waals surface area contributed by atoms with E-state index in [1.165, 1.54) is 12.1 Å². The van der Waals surface area contributed by atoms with E-state index < -0.39 is 30.5 Å². The molecule has 1 aliphatic carbocycles. The first kappa shape index (κ1) is 14.3. The van der Waals surface area contributed by atoms with Crippen LogP contribution in [0.2, 0.25) is 0 Å². The molecule has 1 aromatic rings. The molecule has 1 aliphatic rings. The minimum Gasteiger partial charge on any atom is -0.326 e. The minimum absolute atomic E-state index is 0.158. The lowest BCUT2D eigenvalue weighted by atomic mass is 10.2. The maximum Gasteiger partial charge on any atom is 0.406 e. The molecule has 0 radical (unpaired) electrons. The van der Waals surface area contributed by atoms with Crippen LogP contribution in [-0.4, -0.2) is 29.6 Å². The highest BCUT2D eigenvalue weighted by Gasteiger charge is 2.41. The number of amides is 1. The standard InChI is InChI=1S/C12H10BrF4NO/c13-8-2-1-3-9(14)10(8)11(19)18(7-4-5-7)6-12(15,16)17/h1-3,7H,4-6H2. The molecule has 0 aliphatic heterocycles. The molecular formula is C12H10BrF4NO. The van der Waals surface area contributed by atoms with Gasteiger partial charge in [0.05, 0.1) is 5.56 Å². The molecule has 0 saturated heterocycles. The largest absolute Gasteiger partial charge is 0.406 e. The molecule has 0 unspecified atom stereocenters. The number of rotatable bonds is 3. The van der Waals surface area contributed by atoms with Gasteiger partial charge in [-0.3, -0.25) is 4.79 Å². The summed E-state index contributed by atoms with van der Waals surface area (Å²) in [5.41, 5.74) is -0.348. The van der Waals surface area contributed by atoms with Crippen molar-refractivity contribution < 1.29 is 22.4 Å². The van der Waals surface area contributed by atoms with E-state index in [2.05, 4.69) is 15.9 Å². The molecule has 0 bridgehead atoms. The lowest BCUT2D eigenvalue weighted by Crippen LogP contribution is -2.41. The third-order valence-corrected chi connectivity index (χ3v) is 3.44. The number of hydrogen-bond donors (Lipinski definition) is 0. The zero-order valence-electron chi connectivity index (χ0n) is 9.68. The van der Waals surface area contributed by atoms with Gasteiger partial charge in [0.2, 0.25) is 0 Å². The smallest absolute Gasteiger partial charge is 0.326 e. The summed E-state index contributed by atoms with van der Waals surface area (Å²) in [6.07, 6.45) is -3.45. The van der Waals surface area contributed by atoms with Crippen LogP contribution < -0.4 is 0 Å². The summed E-state index contributed by atoms with van der Waals surface area (Å²) in [6, 6.07) is 3.41. The van der Waals surface area contributed by atoms with Crippen LogP contribution >= 0.6 is 15.9 Å². The van der Waals surface area contributed by atoms with Gasteiger partial charge in [0.1, 0.15) is 12.4 Å². The van der Waals surface area contributed by atoms with E-state index in [1.54, 1.807) is 0 Å². The maximum absolute atomic E-state index is 13.6. The number of alkyl halides is 3. The Kier molecular flexibility index (Phi) is 3.85. The van der Waals surface area contributed by atoms with E-state index in [-0.39, 0.29) is 10.0 Å². The highest BCUT2D eigenvalue weighted by molar-refractivity contribution is 9.10. The molecule has 0 aromatic heterocycles. The number of halogens is 5. The lowest BCUT2D eigenvalue weighted by molar-refractivity contribution is -0.141. The molecule has 0 heterocycles. The molecule has 1 saturated carbocycles. The van der Waals surface area contributed by atoms with Crippen LogP contribution in [0.3, 0.4) is 0 Å². The fourth-order valence-electron chi connectivity index (χ4n) is 1.79. The quantitative estimate of drug-likeness (QED) is 0.768. The predicted octanol–water partition coefficient (Wildman–Crippen LogP) is 3.76. The highest BCUT2D eigenvalue weighted by atomic mass is 79.9. The van der Waals surface area contributed by atoms with Crippen LogP contribution in [0.1, 0.15) is 23.2 Å². The number of carbonyl (C=O) groups is 1. The SMILES string of the molecule is O=C(c1c(F)cccc1Br)N(CC(F)(F)F)C1CC1. The average Bonchev–Trinajstić information content (AvgIpc) is 3.08. The lowest BCUT2D eigenvalue weighted by Gasteiger charge is -2.24. The van der Waals surface area contributed by atoms with Gasteiger partial charge < -0.3 is 4.90 Å². The molecule has 1 fully saturated rings. The second-order valence-electron chi connectivity index (χ2n) is 4.38. The Labute approximate surface area is 115 Å². The Hall–Kier alpha value is -1.11. The Bertz CT molecular complexity index is 479. The Morgan fingerprint density at radius 2 is 2.00 bits per heavy atom. The molecule has 1 amide bonds. The zero-order chi connectivity index (χ0) is 14.2. The van der Waals surface area contributed by atoms with Crippen LogP contribution in [0.15, 0.2) is 22.7 Å². The summed E-state index contributed by atoms with van der Waals surface area (Å²) in [5.74, 6) is -1.75. The fourth-order valence-corrected chi connectivity index (χ4v) is 2.30. The van der Waals surface area contributed by atoms with Crippen LogP contribution in [0.25, 0.3) is 0 Å². The van der Waals surface area contributed by atoms with Gasteiger partial charge in [0.25, 0.3) is 5.91 Å². The number of carbonyl (C=O) groups excluding carboxylic acids is 1. The van der Waals surface area contributed by atoms with Crippen molar-refractivity contribution in [3.63, 3.8) is 0 Å². The van der Waals surface area contributed by atoms with E-state index in [1.807, 2.05) is 0 Å². The summed E-state index contributed by atoms with van der Waals surface area (Å²) < 4.78 is 51.2. The van der Waals surface area contributed by atoms with Crippen molar-refractivity contribution >= 4 is 21.8 Å². The number of hydrogen-bond acceptors (Lipinski definition) is 1. The van der Waals surface area contributed by atoms with Crippen LogP contribution in [0.5, 0.6) is 0 Å². The molecular weight excluding hydrogens is 330 g/mol. The molecule has 104 valence electrons. The first-order chi connectivity index (χ1) is 8.79. The Morgan fingerprint density at radius 3 is 2.47 bits per heavy atom. The highest BCUT2D eigenvalue weighted by Crippen LogP contribution is 2.33. The summed E-state index contributed by atoms with van der Waals surface area (Å²) >= 11 is 3.00. The first-order valence-corrected chi connectivity index (χ1v) is 6.40. The second-order valence-corrected chi connectivity index (χ2v) is 5.23. The maximum atomic E-state index is 13.6. The molecule has 19 heavy (non-hydrogen) atoms. The molecule has 0 spiro atoms. The van der Waals surface area contributed by atoms with Gasteiger partial charge in [0, 0.05) is 10.5 Å². The number of benzene rings is 1. The van der Waals surface area contributed by atoms with Gasteiger partial charge >= 0.3 is 6.18 Å². The zero-order valence-corrected chi connectivity index (χ0v) is 11.3. The van der Waals surface area contributed by atoms with Crippen molar-refractivity contribution in [1.82, 2.24) is 4.90 Å². The van der Waals surface area contributed by atoms with E-state index in [0.29, 0.717) is 17.7 Å². The molecule has 1 aromatic carbocycles. The topological polar surface area (TPSA) is 20.3 Å². The van der Waals surface area contributed by atoms with Crippen LogP contribution in [0, 0.1) is 5.82 Å². The molecule has 2 rings (SSSR count). The molecule has 7 heteroatoms.